The third kappa shape index (κ3) is 13.6. The highest BCUT2D eigenvalue weighted by atomic mass is 19.1. The van der Waals surface area contributed by atoms with Crippen LogP contribution in [0.4, 0.5) is 4.39 Å². The number of halogens is 1. The molecule has 73 heavy (non-hydrogen) atoms. The lowest BCUT2D eigenvalue weighted by atomic mass is 9.92. The summed E-state index contributed by atoms with van der Waals surface area (Å²) in [5.41, 5.74) is 8.00. The molecule has 6 aromatic carbocycles. The van der Waals surface area contributed by atoms with Gasteiger partial charge in [0, 0.05) is 101 Å². The van der Waals surface area contributed by atoms with Gasteiger partial charge in [0.25, 0.3) is 11.8 Å². The zero-order valence-corrected chi connectivity index (χ0v) is 44.2. The Hall–Kier alpha value is -6.37. The Morgan fingerprint density at radius 2 is 0.877 bits per heavy atom. The van der Waals surface area contributed by atoms with Gasteiger partial charge in [0.05, 0.1) is 12.1 Å². The number of rotatable bonds is 16. The van der Waals surface area contributed by atoms with Gasteiger partial charge in [0.1, 0.15) is 17.3 Å². The number of carbonyl (C=O) groups is 2. The van der Waals surface area contributed by atoms with E-state index in [1.165, 1.54) is 11.6 Å². The van der Waals surface area contributed by atoms with E-state index in [1.54, 1.807) is 24.3 Å². The minimum Gasteiger partial charge on any atom is -0.508 e. The Balaban J connectivity index is 0.000000214. The predicted molar refractivity (Wildman–Crippen MR) is 292 cm³/mol. The molecule has 0 aromatic heterocycles. The van der Waals surface area contributed by atoms with E-state index < -0.39 is 0 Å². The van der Waals surface area contributed by atoms with Crippen LogP contribution in [-0.2, 0) is 13.1 Å². The fraction of sp³-hybridized carbons (Fsp3) is 0.387. The topological polar surface area (TPSA) is 94.0 Å². The number of hydrogen-bond acceptors (Lipinski definition) is 8. The molecule has 0 aliphatic carbocycles. The van der Waals surface area contributed by atoms with Crippen molar-refractivity contribution in [2.45, 2.75) is 105 Å². The summed E-state index contributed by atoms with van der Waals surface area (Å²) in [5, 5.41) is 20.6. The molecule has 0 bridgehead atoms. The minimum absolute atomic E-state index is 0.00830. The zero-order chi connectivity index (χ0) is 52.2. The maximum absolute atomic E-state index is 13.8. The summed E-state index contributed by atoms with van der Waals surface area (Å²) in [6.07, 6.45) is 0. The van der Waals surface area contributed by atoms with Crippen LogP contribution < -0.4 is 0 Å². The Morgan fingerprint density at radius 3 is 1.27 bits per heavy atom. The average molecular weight is 989 g/mol. The van der Waals surface area contributed by atoms with Crippen molar-refractivity contribution in [2.24, 2.45) is 0 Å². The van der Waals surface area contributed by atoms with E-state index in [0.717, 1.165) is 60.5 Å². The van der Waals surface area contributed by atoms with Crippen molar-refractivity contribution in [3.8, 4) is 11.5 Å². The first kappa shape index (κ1) is 54.4. The second kappa shape index (κ2) is 25.5. The smallest absolute Gasteiger partial charge is 0.253 e. The van der Waals surface area contributed by atoms with E-state index in [4.69, 9.17) is 0 Å². The first-order valence-corrected chi connectivity index (χ1v) is 26.4. The molecule has 0 spiro atoms. The maximum Gasteiger partial charge on any atom is 0.253 e. The number of piperazine rings is 2. The molecule has 2 saturated heterocycles. The van der Waals surface area contributed by atoms with Crippen molar-refractivity contribution in [1.82, 2.24) is 29.4 Å². The van der Waals surface area contributed by atoms with E-state index in [9.17, 15) is 24.2 Å². The minimum atomic E-state index is -0.205. The van der Waals surface area contributed by atoms with E-state index in [-0.39, 0.29) is 53.3 Å². The molecular formula is C62H77FN6O4. The van der Waals surface area contributed by atoms with Gasteiger partial charge in [0.15, 0.2) is 0 Å². The average Bonchev–Trinajstić information content (AvgIpc) is 3.38. The van der Waals surface area contributed by atoms with Crippen LogP contribution >= 0.6 is 0 Å². The number of nitrogens with zero attached hydrogens (tertiary/aromatic N) is 6. The van der Waals surface area contributed by atoms with E-state index in [2.05, 4.69) is 102 Å². The lowest BCUT2D eigenvalue weighted by Gasteiger charge is -2.47. The van der Waals surface area contributed by atoms with Crippen LogP contribution in [0.3, 0.4) is 0 Å². The maximum atomic E-state index is 13.8. The first-order valence-electron chi connectivity index (χ1n) is 26.4. The van der Waals surface area contributed by atoms with Crippen LogP contribution in [0.15, 0.2) is 152 Å². The van der Waals surface area contributed by atoms with Crippen LogP contribution in [0.5, 0.6) is 11.5 Å². The molecule has 8 rings (SSSR count). The lowest BCUT2D eigenvalue weighted by molar-refractivity contribution is 0.0194. The van der Waals surface area contributed by atoms with Gasteiger partial charge in [-0.2, -0.15) is 0 Å². The highest BCUT2D eigenvalue weighted by Crippen LogP contribution is 2.37. The summed E-state index contributed by atoms with van der Waals surface area (Å²) in [5.74, 6) is 0.412. The number of phenolic OH excluding ortho intramolecular Hbond substituents is 2. The number of carbonyl (C=O) groups excluding carboxylic acids is 2. The second-order valence-electron chi connectivity index (χ2n) is 20.0. The molecule has 0 unspecified atom stereocenters. The molecule has 11 heteroatoms. The number of amides is 2. The van der Waals surface area contributed by atoms with Gasteiger partial charge in [-0.15, -0.1) is 0 Å². The molecule has 386 valence electrons. The van der Waals surface area contributed by atoms with Crippen LogP contribution in [0.1, 0.15) is 122 Å². The van der Waals surface area contributed by atoms with Crippen molar-refractivity contribution >= 4 is 11.8 Å². The van der Waals surface area contributed by atoms with Gasteiger partial charge >= 0.3 is 0 Å². The quantitative estimate of drug-likeness (QED) is 0.0991. The van der Waals surface area contributed by atoms with E-state index in [1.807, 2.05) is 104 Å². The summed E-state index contributed by atoms with van der Waals surface area (Å²) in [6.45, 7) is 25.0. The molecule has 6 atom stereocenters. The standard InChI is InChI=1S/C31H38FN3O2.C31H39N3O2/c1-5-33(6-2)31(37)26-15-13-25(14-16-26)30(27-10-8-12-29(36)18-27)35-20-22(3)34(19-23(35)4)21-24-9-7-11-28(32)17-24;1-5-32(6-2)31(36)27-17-15-26(16-18-27)30(28-13-10-14-29(35)19-28)34-21-23(3)33(20-24(34)4)22-25-11-8-7-9-12-25/h7-18,22-23,30,36H,5-6,19-21H2,1-4H3;7-19,23-24,30,35H,5-6,20-22H2,1-4H3/t22-,23+,30-;23-,24+,30-/m11/s1. The largest absolute Gasteiger partial charge is 0.508 e. The molecular weight excluding hydrogens is 912 g/mol. The van der Waals surface area contributed by atoms with Crippen LogP contribution in [-0.4, -0.2) is 128 Å². The monoisotopic (exact) mass is 989 g/mol. The molecule has 2 amide bonds. The molecule has 0 saturated carbocycles. The van der Waals surface area contributed by atoms with Crippen molar-refractivity contribution in [3.63, 3.8) is 0 Å². The number of phenols is 2. The second-order valence-corrected chi connectivity index (χ2v) is 20.0. The van der Waals surface area contributed by atoms with Crippen molar-refractivity contribution in [2.75, 3.05) is 52.4 Å². The Bertz CT molecular complexity index is 2700. The zero-order valence-electron chi connectivity index (χ0n) is 44.2. The van der Waals surface area contributed by atoms with Crippen molar-refractivity contribution in [3.05, 3.63) is 202 Å². The summed E-state index contributed by atoms with van der Waals surface area (Å²) >= 11 is 0. The van der Waals surface area contributed by atoms with Gasteiger partial charge in [-0.3, -0.25) is 29.2 Å². The van der Waals surface area contributed by atoms with Crippen molar-refractivity contribution < 1.29 is 24.2 Å². The fourth-order valence-electron chi connectivity index (χ4n) is 10.8. The highest BCUT2D eigenvalue weighted by molar-refractivity contribution is 5.94. The Kier molecular flexibility index (Phi) is 19.0. The number of aromatic hydroxyl groups is 2. The molecule has 2 heterocycles. The number of benzene rings is 6. The summed E-state index contributed by atoms with van der Waals surface area (Å²) in [4.78, 5) is 39.4. The number of hydrogen-bond donors (Lipinski definition) is 2. The van der Waals surface area contributed by atoms with Gasteiger partial charge in [-0.1, -0.05) is 91.0 Å². The first-order chi connectivity index (χ1) is 35.2. The molecule has 2 aliphatic heterocycles. The molecule has 2 N–H and O–H groups in total. The molecule has 10 nitrogen and oxygen atoms in total. The van der Waals surface area contributed by atoms with Crippen LogP contribution in [0.25, 0.3) is 0 Å². The highest BCUT2D eigenvalue weighted by Gasteiger charge is 2.37. The van der Waals surface area contributed by atoms with Gasteiger partial charge in [-0.25, -0.2) is 4.39 Å². The Labute approximate surface area is 434 Å². The predicted octanol–water partition coefficient (Wildman–Crippen LogP) is 11.3. The lowest BCUT2D eigenvalue weighted by Crippen LogP contribution is -2.56. The third-order valence-electron chi connectivity index (χ3n) is 14.9. The van der Waals surface area contributed by atoms with Gasteiger partial charge in [0.2, 0.25) is 0 Å². The van der Waals surface area contributed by atoms with Crippen LogP contribution in [0.2, 0.25) is 0 Å². The SMILES string of the molecule is CCN(CC)C(=O)c1ccc([C@H](c2cccc(O)c2)N2C[C@@H](C)N(Cc3cccc(F)c3)C[C@@H]2C)cc1.CCN(CC)C(=O)c1ccc([C@H](c2cccc(O)c2)N2C[C@@H](C)N(Cc3ccccc3)C[C@@H]2C)cc1. The molecule has 0 radical (unpaired) electrons. The summed E-state index contributed by atoms with van der Waals surface area (Å²) in [6, 6.07) is 49.6. The summed E-state index contributed by atoms with van der Waals surface area (Å²) < 4.78 is 13.8. The molecule has 2 aliphatic rings. The molecule has 6 aromatic rings. The normalized spacial score (nSPS) is 19.6. The fourth-order valence-corrected chi connectivity index (χ4v) is 10.8. The Morgan fingerprint density at radius 1 is 0.479 bits per heavy atom. The van der Waals surface area contributed by atoms with Crippen molar-refractivity contribution in [1.29, 1.82) is 0 Å². The van der Waals surface area contributed by atoms with E-state index in [0.29, 0.717) is 55.9 Å². The third-order valence-corrected chi connectivity index (χ3v) is 14.9. The van der Waals surface area contributed by atoms with Gasteiger partial charge < -0.3 is 20.0 Å². The van der Waals surface area contributed by atoms with Gasteiger partial charge in [-0.05, 0) is 149 Å². The van der Waals surface area contributed by atoms with E-state index >= 15 is 0 Å². The summed E-state index contributed by atoms with van der Waals surface area (Å²) in [7, 11) is 0. The molecule has 2 fully saturated rings. The van der Waals surface area contributed by atoms with Crippen LogP contribution in [0, 0.1) is 5.82 Å².